The normalized spacial score (nSPS) is 11.7. The van der Waals surface area contributed by atoms with Crippen LogP contribution in [0.2, 0.25) is 0 Å². The Morgan fingerprint density at radius 1 is 1.07 bits per heavy atom. The van der Waals surface area contributed by atoms with Crippen LogP contribution in [0.15, 0.2) is 54.9 Å². The smallest absolute Gasteiger partial charge is 0.375 e. The average Bonchev–Trinajstić information content (AvgIpc) is 2.61. The first-order valence-corrected chi connectivity index (χ1v) is 9.05. The summed E-state index contributed by atoms with van der Waals surface area (Å²) in [5.41, 5.74) is -4.55. The maximum absolute atomic E-state index is 12.8. The Kier molecular flexibility index (Phi) is 4.81. The molecule has 1 aromatic heterocycles. The number of alkyl halides is 3. The molecule has 0 amide bonds. The molecule has 3 aromatic rings. The van der Waals surface area contributed by atoms with Crippen molar-refractivity contribution < 1.29 is 25.8 Å². The first-order chi connectivity index (χ1) is 12.7. The monoisotopic (exact) mass is 391 g/mol. The topological polar surface area (TPSA) is 56.3 Å². The van der Waals surface area contributed by atoms with E-state index in [1.54, 1.807) is 43.5 Å². The highest BCUT2D eigenvalue weighted by molar-refractivity contribution is 7.88. The van der Waals surface area contributed by atoms with Gasteiger partial charge in [0.05, 0.1) is 0 Å². The van der Waals surface area contributed by atoms with Gasteiger partial charge in [-0.15, -0.1) is 5.92 Å². The molecule has 0 aliphatic carbocycles. The van der Waals surface area contributed by atoms with Gasteiger partial charge in [0.25, 0.3) is 0 Å². The number of nitrogens with zero attached hydrogens (tertiary/aromatic N) is 1. The largest absolute Gasteiger partial charge is 0.534 e. The second-order valence-corrected chi connectivity index (χ2v) is 6.98. The lowest BCUT2D eigenvalue weighted by Crippen LogP contribution is -2.28. The van der Waals surface area contributed by atoms with Crippen molar-refractivity contribution in [1.82, 2.24) is 4.98 Å². The van der Waals surface area contributed by atoms with Crippen LogP contribution >= 0.6 is 0 Å². The highest BCUT2D eigenvalue weighted by Gasteiger charge is 2.48. The summed E-state index contributed by atoms with van der Waals surface area (Å²) in [6, 6.07) is 11.0. The first-order valence-electron chi connectivity index (χ1n) is 7.64. The lowest BCUT2D eigenvalue weighted by molar-refractivity contribution is -0.0499. The zero-order chi connectivity index (χ0) is 19.7. The lowest BCUT2D eigenvalue weighted by atomic mass is 9.94. The molecule has 27 heavy (non-hydrogen) atoms. The van der Waals surface area contributed by atoms with Crippen LogP contribution in [0.25, 0.3) is 21.9 Å². The summed E-state index contributed by atoms with van der Waals surface area (Å²) in [6.45, 7) is 1.57. The van der Waals surface area contributed by atoms with Gasteiger partial charge < -0.3 is 4.18 Å². The van der Waals surface area contributed by atoms with Crippen molar-refractivity contribution in [3.8, 4) is 28.7 Å². The number of benzene rings is 2. The fraction of sp³-hybridized carbons (Fsp3) is 0.105. The molecule has 0 saturated heterocycles. The fourth-order valence-corrected chi connectivity index (χ4v) is 3.09. The van der Waals surface area contributed by atoms with Crippen LogP contribution in [-0.2, 0) is 10.1 Å². The molecule has 8 heteroatoms. The molecule has 0 aliphatic rings. The SMILES string of the molecule is CC#Cc1cccc(OS(=O)(=O)C(F)(F)F)c1-c1cccc2cnccc12. The van der Waals surface area contributed by atoms with Gasteiger partial charge in [0, 0.05) is 28.9 Å². The van der Waals surface area contributed by atoms with E-state index in [2.05, 4.69) is 21.0 Å². The summed E-state index contributed by atoms with van der Waals surface area (Å²) in [4.78, 5) is 4.02. The van der Waals surface area contributed by atoms with Crippen LogP contribution < -0.4 is 4.18 Å². The number of rotatable bonds is 3. The van der Waals surface area contributed by atoms with E-state index in [4.69, 9.17) is 0 Å². The number of hydrogen-bond acceptors (Lipinski definition) is 4. The Morgan fingerprint density at radius 2 is 1.81 bits per heavy atom. The second-order valence-electron chi connectivity index (χ2n) is 5.44. The van der Waals surface area contributed by atoms with Gasteiger partial charge in [0.2, 0.25) is 0 Å². The minimum Gasteiger partial charge on any atom is -0.375 e. The maximum atomic E-state index is 12.8. The summed E-state index contributed by atoms with van der Waals surface area (Å²) in [7, 11) is -5.83. The molecule has 2 aromatic carbocycles. The predicted molar refractivity (Wildman–Crippen MR) is 95.3 cm³/mol. The van der Waals surface area contributed by atoms with Crippen LogP contribution in [0.1, 0.15) is 12.5 Å². The van der Waals surface area contributed by atoms with E-state index in [1.165, 1.54) is 18.3 Å². The summed E-state index contributed by atoms with van der Waals surface area (Å²) in [6.07, 6.45) is 3.13. The van der Waals surface area contributed by atoms with Gasteiger partial charge in [-0.2, -0.15) is 21.6 Å². The summed E-state index contributed by atoms with van der Waals surface area (Å²) < 4.78 is 66.0. The molecule has 0 radical (unpaired) electrons. The molecule has 0 unspecified atom stereocenters. The van der Waals surface area contributed by atoms with Crippen molar-refractivity contribution in [2.45, 2.75) is 12.4 Å². The highest BCUT2D eigenvalue weighted by atomic mass is 32.2. The molecular weight excluding hydrogens is 379 g/mol. The minimum atomic E-state index is -5.83. The van der Waals surface area contributed by atoms with Gasteiger partial charge in [-0.05, 0) is 36.1 Å². The summed E-state index contributed by atoms with van der Waals surface area (Å²) >= 11 is 0. The van der Waals surface area contributed by atoms with E-state index in [0.29, 0.717) is 16.5 Å². The second kappa shape index (κ2) is 6.93. The van der Waals surface area contributed by atoms with Gasteiger partial charge in [-0.25, -0.2) is 0 Å². The van der Waals surface area contributed by atoms with Gasteiger partial charge in [0.15, 0.2) is 5.75 Å². The first kappa shape index (κ1) is 18.7. The van der Waals surface area contributed by atoms with E-state index in [1.807, 2.05) is 0 Å². The Hall–Kier alpha value is -3.05. The number of halogens is 3. The van der Waals surface area contributed by atoms with Gasteiger partial charge in [-0.3, -0.25) is 4.98 Å². The molecule has 0 saturated carbocycles. The molecule has 0 aliphatic heterocycles. The van der Waals surface area contributed by atoms with Crippen molar-refractivity contribution in [2.24, 2.45) is 0 Å². The standard InChI is InChI=1S/C19H12F3NO3S/c1-2-5-13-6-4-9-17(26-27(24,25)19(20,21)22)18(13)16-8-3-7-14-12-23-11-10-15(14)16/h3-4,6-12H,1H3. The minimum absolute atomic E-state index is 0.163. The Morgan fingerprint density at radius 3 is 2.52 bits per heavy atom. The molecule has 4 nitrogen and oxygen atoms in total. The van der Waals surface area contributed by atoms with Crippen molar-refractivity contribution in [1.29, 1.82) is 0 Å². The van der Waals surface area contributed by atoms with E-state index in [-0.39, 0.29) is 5.56 Å². The zero-order valence-corrected chi connectivity index (χ0v) is 14.7. The molecule has 1 heterocycles. The summed E-state index contributed by atoms with van der Waals surface area (Å²) in [5, 5.41) is 1.41. The highest BCUT2D eigenvalue weighted by Crippen LogP contribution is 2.39. The molecule has 138 valence electrons. The molecular formula is C19H12F3NO3S. The number of fused-ring (bicyclic) bond motifs is 1. The molecule has 0 fully saturated rings. The van der Waals surface area contributed by atoms with Gasteiger partial charge in [-0.1, -0.05) is 30.2 Å². The Balaban J connectivity index is 2.32. The van der Waals surface area contributed by atoms with Crippen LogP contribution in [0, 0.1) is 11.8 Å². The van der Waals surface area contributed by atoms with Crippen LogP contribution in [0.5, 0.6) is 5.75 Å². The van der Waals surface area contributed by atoms with Gasteiger partial charge in [0.1, 0.15) is 0 Å². The van der Waals surface area contributed by atoms with Crippen LogP contribution in [0.4, 0.5) is 13.2 Å². The molecule has 0 bridgehead atoms. The Labute approximate surface area is 153 Å². The third-order valence-electron chi connectivity index (χ3n) is 3.72. The Bertz CT molecular complexity index is 1170. The predicted octanol–water partition coefficient (Wildman–Crippen LogP) is 4.50. The van der Waals surface area contributed by atoms with Crippen LogP contribution in [0.3, 0.4) is 0 Å². The number of hydrogen-bond donors (Lipinski definition) is 0. The number of pyridine rings is 1. The molecule has 3 rings (SSSR count). The van der Waals surface area contributed by atoms with Crippen molar-refractivity contribution in [3.63, 3.8) is 0 Å². The van der Waals surface area contributed by atoms with E-state index in [9.17, 15) is 21.6 Å². The third kappa shape index (κ3) is 3.59. The quantitative estimate of drug-likeness (QED) is 0.375. The fourth-order valence-electron chi connectivity index (χ4n) is 2.62. The van der Waals surface area contributed by atoms with Crippen molar-refractivity contribution >= 4 is 20.9 Å². The molecule has 0 N–H and O–H groups in total. The lowest BCUT2D eigenvalue weighted by Gasteiger charge is -2.16. The van der Waals surface area contributed by atoms with E-state index >= 15 is 0 Å². The maximum Gasteiger partial charge on any atom is 0.534 e. The zero-order valence-electron chi connectivity index (χ0n) is 13.9. The van der Waals surface area contributed by atoms with Crippen molar-refractivity contribution in [3.05, 3.63) is 60.4 Å². The number of aromatic nitrogens is 1. The van der Waals surface area contributed by atoms with E-state index < -0.39 is 21.4 Å². The van der Waals surface area contributed by atoms with Crippen molar-refractivity contribution in [2.75, 3.05) is 0 Å². The molecule has 0 spiro atoms. The summed E-state index contributed by atoms with van der Waals surface area (Å²) in [5.74, 6) is 5.01. The average molecular weight is 391 g/mol. The van der Waals surface area contributed by atoms with Crippen LogP contribution in [-0.4, -0.2) is 18.9 Å². The van der Waals surface area contributed by atoms with Gasteiger partial charge >= 0.3 is 15.6 Å². The third-order valence-corrected chi connectivity index (χ3v) is 4.68. The van der Waals surface area contributed by atoms with E-state index in [0.717, 1.165) is 5.39 Å². The molecule has 0 atom stereocenters.